The summed E-state index contributed by atoms with van der Waals surface area (Å²) in [7, 11) is 0. The van der Waals surface area contributed by atoms with Crippen LogP contribution in [-0.2, 0) is 0 Å². The lowest BCUT2D eigenvalue weighted by Gasteiger charge is -2.02. The van der Waals surface area contributed by atoms with Crippen molar-refractivity contribution >= 4 is 33.5 Å². The van der Waals surface area contributed by atoms with Gasteiger partial charge in [0.1, 0.15) is 0 Å². The van der Waals surface area contributed by atoms with Crippen LogP contribution in [0, 0.1) is 6.92 Å². The molecule has 2 aromatic heterocycles. The van der Waals surface area contributed by atoms with Crippen LogP contribution in [0.1, 0.15) is 5.56 Å². The third-order valence-electron chi connectivity index (χ3n) is 2.59. The van der Waals surface area contributed by atoms with Gasteiger partial charge < -0.3 is 5.32 Å². The first-order valence-corrected chi connectivity index (χ1v) is 7.45. The van der Waals surface area contributed by atoms with E-state index in [1.54, 1.807) is 22.7 Å². The molecule has 18 heavy (non-hydrogen) atoms. The number of thiophene rings is 1. The van der Waals surface area contributed by atoms with Gasteiger partial charge in [0.2, 0.25) is 0 Å². The van der Waals surface area contributed by atoms with Crippen LogP contribution in [0.3, 0.4) is 0 Å². The molecule has 0 aliphatic carbocycles. The lowest BCUT2D eigenvalue weighted by molar-refractivity contribution is 1.38. The standard InChI is InChI=1S/C14H12N2S2/c1-10-3-2-4-12(7-10)15-14-16-13(9-18-14)11-5-6-17-8-11/h2-9H,1H3,(H,15,16). The van der Waals surface area contributed by atoms with Crippen LogP contribution in [-0.4, -0.2) is 4.98 Å². The Hall–Kier alpha value is -1.65. The molecule has 0 aliphatic rings. The largest absolute Gasteiger partial charge is 0.332 e. The summed E-state index contributed by atoms with van der Waals surface area (Å²) in [6.45, 7) is 2.09. The van der Waals surface area contributed by atoms with E-state index in [9.17, 15) is 0 Å². The van der Waals surface area contributed by atoms with E-state index in [0.717, 1.165) is 16.5 Å². The fourth-order valence-corrected chi connectivity index (χ4v) is 3.11. The lowest BCUT2D eigenvalue weighted by Crippen LogP contribution is -1.89. The average molecular weight is 272 g/mol. The van der Waals surface area contributed by atoms with Crippen LogP contribution in [0.2, 0.25) is 0 Å². The van der Waals surface area contributed by atoms with Gasteiger partial charge in [-0.05, 0) is 36.1 Å². The van der Waals surface area contributed by atoms with Crippen LogP contribution < -0.4 is 5.32 Å². The molecule has 1 aromatic carbocycles. The van der Waals surface area contributed by atoms with Crippen molar-refractivity contribution in [3.63, 3.8) is 0 Å². The van der Waals surface area contributed by atoms with Crippen LogP contribution in [0.25, 0.3) is 11.3 Å². The predicted octanol–water partition coefficient (Wildman–Crippen LogP) is 4.92. The van der Waals surface area contributed by atoms with Gasteiger partial charge in [-0.25, -0.2) is 4.98 Å². The summed E-state index contributed by atoms with van der Waals surface area (Å²) >= 11 is 3.32. The Morgan fingerprint density at radius 3 is 2.89 bits per heavy atom. The Morgan fingerprint density at radius 2 is 2.11 bits per heavy atom. The van der Waals surface area contributed by atoms with E-state index in [0.29, 0.717) is 0 Å². The van der Waals surface area contributed by atoms with Crippen LogP contribution >= 0.6 is 22.7 Å². The van der Waals surface area contributed by atoms with Crippen molar-refractivity contribution in [2.24, 2.45) is 0 Å². The number of rotatable bonds is 3. The molecule has 4 heteroatoms. The number of aromatic nitrogens is 1. The second kappa shape index (κ2) is 4.92. The second-order valence-corrected chi connectivity index (χ2v) is 5.68. The molecule has 0 radical (unpaired) electrons. The summed E-state index contributed by atoms with van der Waals surface area (Å²) in [5.74, 6) is 0. The number of thiazole rings is 1. The normalized spacial score (nSPS) is 10.5. The lowest BCUT2D eigenvalue weighted by atomic mass is 10.2. The number of nitrogens with zero attached hydrogens (tertiary/aromatic N) is 1. The molecule has 0 amide bonds. The summed E-state index contributed by atoms with van der Waals surface area (Å²) < 4.78 is 0. The van der Waals surface area contributed by atoms with Crippen molar-refractivity contribution in [3.05, 3.63) is 52.0 Å². The van der Waals surface area contributed by atoms with Gasteiger partial charge in [0, 0.05) is 22.0 Å². The van der Waals surface area contributed by atoms with Crippen molar-refractivity contribution in [2.45, 2.75) is 6.92 Å². The molecule has 0 saturated carbocycles. The number of aryl methyl sites for hydroxylation is 1. The first-order valence-electron chi connectivity index (χ1n) is 5.63. The highest BCUT2D eigenvalue weighted by Crippen LogP contribution is 2.28. The third-order valence-corrected chi connectivity index (χ3v) is 4.03. The van der Waals surface area contributed by atoms with Gasteiger partial charge in [-0.1, -0.05) is 12.1 Å². The first kappa shape index (κ1) is 11.4. The number of benzene rings is 1. The Labute approximate surface area is 114 Å². The zero-order valence-corrected chi connectivity index (χ0v) is 11.5. The minimum atomic E-state index is 0.932. The topological polar surface area (TPSA) is 24.9 Å². The van der Waals surface area contributed by atoms with E-state index in [-0.39, 0.29) is 0 Å². The molecule has 0 aliphatic heterocycles. The van der Waals surface area contributed by atoms with E-state index >= 15 is 0 Å². The van der Waals surface area contributed by atoms with Crippen LogP contribution in [0.4, 0.5) is 10.8 Å². The van der Waals surface area contributed by atoms with E-state index in [2.05, 4.69) is 57.6 Å². The van der Waals surface area contributed by atoms with Crippen LogP contribution in [0.5, 0.6) is 0 Å². The van der Waals surface area contributed by atoms with Gasteiger partial charge in [0.15, 0.2) is 5.13 Å². The van der Waals surface area contributed by atoms with Gasteiger partial charge in [-0.15, -0.1) is 11.3 Å². The molecule has 2 nitrogen and oxygen atoms in total. The highest BCUT2D eigenvalue weighted by atomic mass is 32.1. The maximum Gasteiger partial charge on any atom is 0.187 e. The minimum Gasteiger partial charge on any atom is -0.332 e. The third kappa shape index (κ3) is 2.44. The molecule has 3 rings (SSSR count). The molecule has 0 fully saturated rings. The molecular formula is C14H12N2S2. The SMILES string of the molecule is Cc1cccc(Nc2nc(-c3ccsc3)cs2)c1. The smallest absolute Gasteiger partial charge is 0.187 e. The predicted molar refractivity (Wildman–Crippen MR) is 79.9 cm³/mol. The molecule has 2 heterocycles. The maximum atomic E-state index is 4.59. The maximum absolute atomic E-state index is 4.59. The summed E-state index contributed by atoms with van der Waals surface area (Å²) in [5.41, 5.74) is 4.56. The highest BCUT2D eigenvalue weighted by molar-refractivity contribution is 7.14. The van der Waals surface area contributed by atoms with Crippen LogP contribution in [0.15, 0.2) is 46.5 Å². The Bertz CT molecular complexity index is 641. The van der Waals surface area contributed by atoms with Gasteiger partial charge >= 0.3 is 0 Å². The zero-order chi connectivity index (χ0) is 12.4. The number of hydrogen-bond donors (Lipinski definition) is 1. The van der Waals surface area contributed by atoms with Crippen molar-refractivity contribution in [1.82, 2.24) is 4.98 Å². The van der Waals surface area contributed by atoms with Gasteiger partial charge in [0.25, 0.3) is 0 Å². The van der Waals surface area contributed by atoms with Crippen molar-refractivity contribution in [3.8, 4) is 11.3 Å². The van der Waals surface area contributed by atoms with Gasteiger partial charge in [-0.2, -0.15) is 11.3 Å². The average Bonchev–Trinajstić information content (AvgIpc) is 2.98. The molecular weight excluding hydrogens is 260 g/mol. The Kier molecular flexibility index (Phi) is 3.13. The number of anilines is 2. The first-order chi connectivity index (χ1) is 8.81. The van der Waals surface area contributed by atoms with E-state index in [4.69, 9.17) is 0 Å². The molecule has 0 bridgehead atoms. The fourth-order valence-electron chi connectivity index (χ4n) is 1.72. The minimum absolute atomic E-state index is 0.932. The molecule has 0 unspecified atom stereocenters. The summed E-state index contributed by atoms with van der Waals surface area (Å²) in [6.07, 6.45) is 0. The zero-order valence-electron chi connectivity index (χ0n) is 9.88. The summed E-state index contributed by atoms with van der Waals surface area (Å²) in [6, 6.07) is 10.4. The van der Waals surface area contributed by atoms with E-state index in [1.165, 1.54) is 11.1 Å². The second-order valence-electron chi connectivity index (χ2n) is 4.04. The monoisotopic (exact) mass is 272 g/mol. The van der Waals surface area contributed by atoms with E-state index < -0.39 is 0 Å². The summed E-state index contributed by atoms with van der Waals surface area (Å²) in [5, 5.41) is 10.5. The van der Waals surface area contributed by atoms with Gasteiger partial charge in [-0.3, -0.25) is 0 Å². The Balaban J connectivity index is 1.82. The van der Waals surface area contributed by atoms with Gasteiger partial charge in [0.05, 0.1) is 5.69 Å². The quantitative estimate of drug-likeness (QED) is 0.731. The summed E-state index contributed by atoms with van der Waals surface area (Å²) in [4.78, 5) is 4.59. The number of nitrogens with one attached hydrogen (secondary N) is 1. The van der Waals surface area contributed by atoms with E-state index in [1.807, 2.05) is 6.07 Å². The molecule has 1 N–H and O–H groups in total. The number of hydrogen-bond acceptors (Lipinski definition) is 4. The van der Waals surface area contributed by atoms with Crippen molar-refractivity contribution < 1.29 is 0 Å². The Morgan fingerprint density at radius 1 is 1.17 bits per heavy atom. The highest BCUT2D eigenvalue weighted by Gasteiger charge is 2.04. The molecule has 0 atom stereocenters. The van der Waals surface area contributed by atoms with Crippen molar-refractivity contribution in [2.75, 3.05) is 5.32 Å². The fraction of sp³-hybridized carbons (Fsp3) is 0.0714. The molecule has 90 valence electrons. The molecule has 0 spiro atoms. The molecule has 0 saturated heterocycles. The van der Waals surface area contributed by atoms with Crippen molar-refractivity contribution in [1.29, 1.82) is 0 Å². The molecule has 3 aromatic rings.